The van der Waals surface area contributed by atoms with E-state index in [2.05, 4.69) is 81.9 Å². The minimum Gasteiger partial charge on any atom is -0.380 e. The molecule has 2 saturated heterocycles. The summed E-state index contributed by atoms with van der Waals surface area (Å²) >= 11 is 0. The number of carbonyl (C=O) groups excluding carboxylic acids is 1. The Kier molecular flexibility index (Phi) is 6.65. The van der Waals surface area contributed by atoms with Crippen LogP contribution in [0.4, 0.5) is 0 Å². The number of aryl methyl sites for hydroxylation is 1. The minimum atomic E-state index is -1.13. The first-order valence-electron chi connectivity index (χ1n) is 12.7. The lowest BCUT2D eigenvalue weighted by molar-refractivity contribution is -0.132. The smallest absolute Gasteiger partial charge is 0.223 e. The Morgan fingerprint density at radius 3 is 2.35 bits per heavy atom. The predicted octanol–water partition coefficient (Wildman–Crippen LogP) is 4.73. The molecule has 2 aromatic rings. The normalized spacial score (nSPS) is 20.5. The zero-order chi connectivity index (χ0) is 24.7. The van der Waals surface area contributed by atoms with Crippen LogP contribution in [0.15, 0.2) is 42.7 Å². The van der Waals surface area contributed by atoms with Crippen LogP contribution >= 0.6 is 0 Å². The SMILES string of the molecule is CC(C)c1ccc(C(O)(c2cncc(CCC(C)(C)N3CCCC3=O)c2)C2(C)CN(C)C2)cc1. The number of aliphatic hydroxyl groups is 1. The lowest BCUT2D eigenvalue weighted by Gasteiger charge is -2.56. The number of amides is 1. The number of carbonyl (C=O) groups is 1. The fourth-order valence-corrected chi connectivity index (χ4v) is 6.04. The van der Waals surface area contributed by atoms with E-state index in [4.69, 9.17) is 0 Å². The molecule has 5 heteroatoms. The summed E-state index contributed by atoms with van der Waals surface area (Å²) in [6.45, 7) is 13.4. The van der Waals surface area contributed by atoms with Gasteiger partial charge in [0.2, 0.25) is 5.91 Å². The van der Waals surface area contributed by atoms with Crippen molar-refractivity contribution < 1.29 is 9.90 Å². The second-order valence-electron chi connectivity index (χ2n) is 11.8. The van der Waals surface area contributed by atoms with Crippen molar-refractivity contribution in [1.29, 1.82) is 0 Å². The van der Waals surface area contributed by atoms with Crippen LogP contribution in [0.2, 0.25) is 0 Å². The largest absolute Gasteiger partial charge is 0.380 e. The fraction of sp³-hybridized carbons (Fsp3) is 0.586. The first kappa shape index (κ1) is 24.9. The second kappa shape index (κ2) is 9.09. The van der Waals surface area contributed by atoms with Crippen molar-refractivity contribution in [2.75, 3.05) is 26.7 Å². The van der Waals surface area contributed by atoms with Crippen molar-refractivity contribution in [2.24, 2.45) is 5.41 Å². The third-order valence-corrected chi connectivity index (χ3v) is 8.15. The molecule has 1 N–H and O–H groups in total. The Morgan fingerprint density at radius 2 is 1.79 bits per heavy atom. The molecule has 1 unspecified atom stereocenters. The molecule has 1 aromatic heterocycles. The molecule has 5 nitrogen and oxygen atoms in total. The number of benzene rings is 1. The Morgan fingerprint density at radius 1 is 1.12 bits per heavy atom. The zero-order valence-corrected chi connectivity index (χ0v) is 21.8. The van der Waals surface area contributed by atoms with Gasteiger partial charge < -0.3 is 14.9 Å². The molecule has 2 fully saturated rings. The summed E-state index contributed by atoms with van der Waals surface area (Å²) in [4.78, 5) is 21.1. The monoisotopic (exact) mass is 463 g/mol. The van der Waals surface area contributed by atoms with Crippen LogP contribution in [-0.4, -0.2) is 58.0 Å². The number of rotatable bonds is 8. The van der Waals surface area contributed by atoms with E-state index in [1.807, 2.05) is 17.3 Å². The summed E-state index contributed by atoms with van der Waals surface area (Å²) < 4.78 is 0. The maximum Gasteiger partial charge on any atom is 0.223 e. The molecule has 4 rings (SSSR count). The van der Waals surface area contributed by atoms with E-state index in [9.17, 15) is 9.90 Å². The van der Waals surface area contributed by atoms with Gasteiger partial charge in [0.05, 0.1) is 0 Å². The Balaban J connectivity index is 1.64. The van der Waals surface area contributed by atoms with Crippen molar-refractivity contribution in [3.8, 4) is 0 Å². The third kappa shape index (κ3) is 4.40. The van der Waals surface area contributed by atoms with Gasteiger partial charge in [-0.1, -0.05) is 45.0 Å². The molecule has 0 saturated carbocycles. The lowest BCUT2D eigenvalue weighted by Crippen LogP contribution is -2.63. The van der Waals surface area contributed by atoms with Crippen molar-refractivity contribution in [2.45, 2.75) is 77.4 Å². The van der Waals surface area contributed by atoms with Crippen LogP contribution in [0.3, 0.4) is 0 Å². The highest BCUT2D eigenvalue weighted by atomic mass is 16.3. The van der Waals surface area contributed by atoms with Gasteiger partial charge >= 0.3 is 0 Å². The highest BCUT2D eigenvalue weighted by molar-refractivity contribution is 5.78. The first-order chi connectivity index (χ1) is 16.0. The van der Waals surface area contributed by atoms with Gasteiger partial charge in [0.25, 0.3) is 0 Å². The summed E-state index contributed by atoms with van der Waals surface area (Å²) in [5, 5.41) is 12.4. The van der Waals surface area contributed by atoms with Gasteiger partial charge in [0.1, 0.15) is 5.60 Å². The van der Waals surface area contributed by atoms with Gasteiger partial charge in [-0.25, -0.2) is 0 Å². The third-order valence-electron chi connectivity index (χ3n) is 8.15. The van der Waals surface area contributed by atoms with Gasteiger partial charge in [-0.15, -0.1) is 0 Å². The molecule has 3 heterocycles. The average Bonchev–Trinajstić information content (AvgIpc) is 3.23. The highest BCUT2D eigenvalue weighted by Crippen LogP contribution is 2.50. The summed E-state index contributed by atoms with van der Waals surface area (Å²) in [6, 6.07) is 10.6. The summed E-state index contributed by atoms with van der Waals surface area (Å²) in [6.07, 6.45) is 7.04. The average molecular weight is 464 g/mol. The zero-order valence-electron chi connectivity index (χ0n) is 21.8. The van der Waals surface area contributed by atoms with E-state index in [1.165, 1.54) is 5.56 Å². The molecule has 0 aliphatic carbocycles. The molecule has 34 heavy (non-hydrogen) atoms. The van der Waals surface area contributed by atoms with Gasteiger partial charge in [0.15, 0.2) is 0 Å². The predicted molar refractivity (Wildman–Crippen MR) is 137 cm³/mol. The Bertz CT molecular complexity index is 1020. The number of likely N-dealkylation sites (tertiary alicyclic amines) is 2. The summed E-state index contributed by atoms with van der Waals surface area (Å²) in [7, 11) is 2.10. The topological polar surface area (TPSA) is 56.7 Å². The molecule has 0 spiro atoms. The highest BCUT2D eigenvalue weighted by Gasteiger charge is 2.55. The molecule has 2 aliphatic heterocycles. The van der Waals surface area contributed by atoms with E-state index >= 15 is 0 Å². The van der Waals surface area contributed by atoms with Gasteiger partial charge in [0, 0.05) is 55.0 Å². The van der Waals surface area contributed by atoms with Gasteiger partial charge in [-0.2, -0.15) is 0 Å². The number of hydrogen-bond donors (Lipinski definition) is 1. The Hall–Kier alpha value is -2.24. The lowest BCUT2D eigenvalue weighted by atomic mass is 9.62. The van der Waals surface area contributed by atoms with Crippen LogP contribution in [0.1, 0.15) is 82.1 Å². The molecule has 0 radical (unpaired) electrons. The molecule has 184 valence electrons. The van der Waals surface area contributed by atoms with Crippen LogP contribution in [0.5, 0.6) is 0 Å². The second-order valence-corrected chi connectivity index (χ2v) is 11.8. The molecule has 1 atom stereocenters. The quantitative estimate of drug-likeness (QED) is 0.615. The van der Waals surface area contributed by atoms with Crippen molar-refractivity contribution in [3.63, 3.8) is 0 Å². The van der Waals surface area contributed by atoms with E-state index in [1.54, 1.807) is 0 Å². The van der Waals surface area contributed by atoms with Crippen LogP contribution in [0.25, 0.3) is 0 Å². The fourth-order valence-electron chi connectivity index (χ4n) is 6.04. The van der Waals surface area contributed by atoms with Crippen molar-refractivity contribution in [3.05, 3.63) is 65.0 Å². The maximum atomic E-state index is 12.4. The molecule has 2 aliphatic rings. The Labute approximate surface area is 205 Å². The van der Waals surface area contributed by atoms with Crippen molar-refractivity contribution >= 4 is 5.91 Å². The van der Waals surface area contributed by atoms with Crippen molar-refractivity contribution in [1.82, 2.24) is 14.8 Å². The van der Waals surface area contributed by atoms with Gasteiger partial charge in [-0.3, -0.25) is 9.78 Å². The molecule has 0 bridgehead atoms. The molecule has 1 amide bonds. The molecular formula is C29H41N3O2. The summed E-state index contributed by atoms with van der Waals surface area (Å²) in [5.41, 5.74) is 2.54. The van der Waals surface area contributed by atoms with E-state index < -0.39 is 5.60 Å². The van der Waals surface area contributed by atoms with Gasteiger partial charge in [-0.05, 0) is 68.8 Å². The molecular weight excluding hydrogens is 422 g/mol. The number of pyridine rings is 1. The molecule has 1 aromatic carbocycles. The van der Waals surface area contributed by atoms with E-state index in [-0.39, 0.29) is 16.9 Å². The van der Waals surface area contributed by atoms with E-state index in [0.29, 0.717) is 12.3 Å². The number of nitrogens with zero attached hydrogens (tertiary/aromatic N) is 3. The van der Waals surface area contributed by atoms with E-state index in [0.717, 1.165) is 55.6 Å². The number of aromatic nitrogens is 1. The van der Waals surface area contributed by atoms with Crippen LogP contribution in [-0.2, 0) is 16.8 Å². The maximum absolute atomic E-state index is 12.4. The minimum absolute atomic E-state index is 0.185. The first-order valence-corrected chi connectivity index (χ1v) is 12.7. The number of hydrogen-bond acceptors (Lipinski definition) is 4. The standard InChI is InChI=1S/C29H41N3O2/c1-21(2)23-9-11-24(12-10-23)29(34,28(5)19-31(6)20-28)25-16-22(17-30-18-25)13-14-27(3,4)32-15-7-8-26(32)33/h9-12,16-18,21,34H,7-8,13-15,19-20H2,1-6H3. The van der Waals surface area contributed by atoms with Crippen LogP contribution in [0, 0.1) is 5.41 Å². The van der Waals surface area contributed by atoms with Crippen LogP contribution < -0.4 is 0 Å². The summed E-state index contributed by atoms with van der Waals surface area (Å²) in [5.74, 6) is 0.710.